The van der Waals surface area contributed by atoms with E-state index in [-0.39, 0.29) is 6.54 Å². The molecule has 1 saturated heterocycles. The Labute approximate surface area is 223 Å². The summed E-state index contributed by atoms with van der Waals surface area (Å²) in [4.78, 5) is 35.2. The van der Waals surface area contributed by atoms with Crippen molar-refractivity contribution in [3.63, 3.8) is 0 Å². The highest BCUT2D eigenvalue weighted by molar-refractivity contribution is 5.79. The maximum Gasteiger partial charge on any atom is 0.341 e. The molecule has 210 valence electrons. The van der Waals surface area contributed by atoms with Gasteiger partial charge in [0, 0.05) is 19.0 Å². The van der Waals surface area contributed by atoms with Gasteiger partial charge in [-0.1, -0.05) is 27.2 Å². The van der Waals surface area contributed by atoms with Gasteiger partial charge in [0.2, 0.25) is 0 Å². The van der Waals surface area contributed by atoms with E-state index in [2.05, 4.69) is 25.5 Å². The number of aliphatic carboxylic acids is 1. The number of carboxylic acids is 1. The number of Topliss-reactive ketones (excluding diaryl/α,β-unsaturated/α-hetero) is 1. The minimum absolute atomic E-state index is 0.136. The highest BCUT2D eigenvalue weighted by atomic mass is 16.6. The number of carboxylic acid groups (broad SMARTS) is 1. The van der Waals surface area contributed by atoms with Crippen molar-refractivity contribution in [1.29, 1.82) is 0 Å². The minimum Gasteiger partial charge on any atom is -0.479 e. The van der Waals surface area contributed by atoms with E-state index in [0.717, 1.165) is 29.6 Å². The molecule has 5 aliphatic rings. The van der Waals surface area contributed by atoms with Gasteiger partial charge in [0.05, 0.1) is 19.8 Å². The van der Waals surface area contributed by atoms with Crippen molar-refractivity contribution in [2.45, 2.75) is 85.5 Å². The summed E-state index contributed by atoms with van der Waals surface area (Å²) in [6, 6.07) is 0. The third-order valence-electron chi connectivity index (χ3n) is 11.2. The van der Waals surface area contributed by atoms with Crippen molar-refractivity contribution >= 4 is 17.7 Å². The van der Waals surface area contributed by atoms with Crippen LogP contribution in [0, 0.1) is 46.3 Å². The van der Waals surface area contributed by atoms with Crippen molar-refractivity contribution in [2.24, 2.45) is 46.3 Å². The second kappa shape index (κ2) is 11.7. The van der Waals surface area contributed by atoms with Crippen LogP contribution in [0.2, 0.25) is 0 Å². The Morgan fingerprint density at radius 3 is 2.30 bits per heavy atom. The lowest BCUT2D eigenvalue weighted by molar-refractivity contribution is -0.156. The first-order chi connectivity index (χ1) is 17.5. The van der Waals surface area contributed by atoms with Crippen LogP contribution in [-0.4, -0.2) is 67.2 Å². The van der Waals surface area contributed by atoms with E-state index >= 15 is 0 Å². The lowest BCUT2D eigenvalue weighted by Crippen LogP contribution is -2.53. The third-order valence-corrected chi connectivity index (χ3v) is 11.2. The van der Waals surface area contributed by atoms with E-state index in [1.54, 1.807) is 0 Å². The Morgan fingerprint density at radius 1 is 0.946 bits per heavy atom. The van der Waals surface area contributed by atoms with Crippen LogP contribution in [0.4, 0.5) is 0 Å². The Morgan fingerprint density at radius 2 is 1.62 bits per heavy atom. The fraction of sp³-hybridized carbons (Fsp3) is 0.900. The van der Waals surface area contributed by atoms with E-state index in [4.69, 9.17) is 9.84 Å². The van der Waals surface area contributed by atoms with Crippen LogP contribution >= 0.6 is 0 Å². The lowest BCUT2D eigenvalue weighted by atomic mass is 9.44. The Hall–Kier alpha value is -1.47. The molecule has 0 aromatic heterocycles. The van der Waals surface area contributed by atoms with Gasteiger partial charge in [0.15, 0.2) is 6.61 Å². The third kappa shape index (κ3) is 6.08. The van der Waals surface area contributed by atoms with E-state index < -0.39 is 18.5 Å². The minimum atomic E-state index is -1.14. The molecule has 4 aliphatic carbocycles. The molecule has 0 spiro atoms. The summed E-state index contributed by atoms with van der Waals surface area (Å²) in [7, 11) is 0. The standard InChI is InChI=1S/C22H36O.C8H13NO5/c1-14-9-11-21(3)16(13-14)5-6-17-19-8-7-18(15(2)23)22(19,4)12-10-20(17)21;10-7(11)6-14-8(12)5-9-1-3-13-4-2-9/h14,16-20H,5-13H2,1-4H3;1-6H2,(H,10,11). The van der Waals surface area contributed by atoms with Gasteiger partial charge in [-0.25, -0.2) is 4.79 Å². The predicted molar refractivity (Wildman–Crippen MR) is 141 cm³/mol. The maximum absolute atomic E-state index is 12.2. The van der Waals surface area contributed by atoms with Gasteiger partial charge in [0.25, 0.3) is 0 Å². The maximum atomic E-state index is 12.2. The van der Waals surface area contributed by atoms with Crippen LogP contribution in [0.3, 0.4) is 0 Å². The molecule has 5 fully saturated rings. The number of ether oxygens (including phenoxy) is 2. The van der Waals surface area contributed by atoms with Crippen molar-refractivity contribution < 1.29 is 29.0 Å². The summed E-state index contributed by atoms with van der Waals surface area (Å²) in [5, 5.41) is 8.26. The van der Waals surface area contributed by atoms with E-state index in [1.807, 2.05) is 11.8 Å². The smallest absolute Gasteiger partial charge is 0.341 e. The number of hydrogen-bond donors (Lipinski definition) is 1. The number of rotatable bonds is 5. The van der Waals surface area contributed by atoms with E-state index in [0.29, 0.717) is 48.8 Å². The summed E-state index contributed by atoms with van der Waals surface area (Å²) < 4.78 is 9.58. The van der Waals surface area contributed by atoms with E-state index in [1.165, 1.54) is 57.8 Å². The molecule has 7 heteroatoms. The SMILES string of the molecule is CC(=O)C1CCC2C3CCC4CC(C)CCC4(C)C3CCC12C.O=C(O)COC(=O)CN1CCOCC1. The first kappa shape index (κ1) is 28.5. The van der Waals surface area contributed by atoms with Crippen LogP contribution < -0.4 is 0 Å². The number of carbonyl (C=O) groups excluding carboxylic acids is 2. The van der Waals surface area contributed by atoms with Crippen LogP contribution in [0.15, 0.2) is 0 Å². The highest BCUT2D eigenvalue weighted by Gasteiger charge is 2.60. The Bertz CT molecular complexity index is 840. The molecule has 8 unspecified atom stereocenters. The Kier molecular flexibility index (Phi) is 9.05. The monoisotopic (exact) mass is 519 g/mol. The molecule has 1 heterocycles. The number of esters is 1. The van der Waals surface area contributed by atoms with Gasteiger partial charge in [-0.3, -0.25) is 14.5 Å². The van der Waals surface area contributed by atoms with Crippen molar-refractivity contribution in [1.82, 2.24) is 4.90 Å². The molecule has 0 bridgehead atoms. The largest absolute Gasteiger partial charge is 0.479 e. The molecular formula is C30H49NO6. The molecule has 0 radical (unpaired) electrons. The molecule has 4 saturated carbocycles. The second-order valence-electron chi connectivity index (χ2n) is 13.3. The summed E-state index contributed by atoms with van der Waals surface area (Å²) in [6.07, 6.45) is 12.6. The van der Waals surface area contributed by atoms with E-state index in [9.17, 15) is 14.4 Å². The summed E-state index contributed by atoms with van der Waals surface area (Å²) in [5.41, 5.74) is 0.948. The number of fused-ring (bicyclic) bond motifs is 5. The zero-order valence-electron chi connectivity index (χ0n) is 23.5. The topological polar surface area (TPSA) is 93.1 Å². The van der Waals surface area contributed by atoms with Crippen LogP contribution in [0.1, 0.15) is 85.5 Å². The number of nitrogens with zero attached hydrogens (tertiary/aromatic N) is 1. The van der Waals surface area contributed by atoms with Gasteiger partial charge < -0.3 is 14.6 Å². The van der Waals surface area contributed by atoms with Gasteiger partial charge in [-0.15, -0.1) is 0 Å². The van der Waals surface area contributed by atoms with Crippen molar-refractivity contribution in [3.05, 3.63) is 0 Å². The van der Waals surface area contributed by atoms with Crippen molar-refractivity contribution in [3.8, 4) is 0 Å². The molecule has 1 N–H and O–H groups in total. The number of morpholine rings is 1. The van der Waals surface area contributed by atoms with Crippen LogP contribution in [-0.2, 0) is 23.9 Å². The average molecular weight is 520 g/mol. The van der Waals surface area contributed by atoms with Gasteiger partial charge in [-0.05, 0) is 98.7 Å². The highest BCUT2D eigenvalue weighted by Crippen LogP contribution is 2.67. The van der Waals surface area contributed by atoms with Gasteiger partial charge in [-0.2, -0.15) is 0 Å². The molecule has 5 rings (SSSR count). The number of hydrogen-bond acceptors (Lipinski definition) is 6. The summed E-state index contributed by atoms with van der Waals surface area (Å²) >= 11 is 0. The molecule has 1 aliphatic heterocycles. The number of carbonyl (C=O) groups is 3. The van der Waals surface area contributed by atoms with Crippen LogP contribution in [0.25, 0.3) is 0 Å². The first-order valence-electron chi connectivity index (χ1n) is 14.7. The molecule has 7 nitrogen and oxygen atoms in total. The van der Waals surface area contributed by atoms with Crippen LogP contribution in [0.5, 0.6) is 0 Å². The average Bonchev–Trinajstić information content (AvgIpc) is 3.22. The lowest BCUT2D eigenvalue weighted by Gasteiger charge is -2.61. The Balaban J connectivity index is 0.000000197. The molecule has 0 aromatic carbocycles. The normalized spacial score (nSPS) is 41.3. The molecular weight excluding hydrogens is 470 g/mol. The summed E-state index contributed by atoms with van der Waals surface area (Å²) in [5.74, 6) is 3.85. The fourth-order valence-corrected chi connectivity index (χ4v) is 9.27. The molecule has 8 atom stereocenters. The quantitative estimate of drug-likeness (QED) is 0.521. The predicted octanol–water partition coefficient (Wildman–Crippen LogP) is 4.82. The fourth-order valence-electron chi connectivity index (χ4n) is 9.27. The van der Waals surface area contributed by atoms with Gasteiger partial charge in [0.1, 0.15) is 5.78 Å². The molecule has 0 amide bonds. The summed E-state index contributed by atoms with van der Waals surface area (Å²) in [6.45, 7) is 11.6. The molecule has 0 aromatic rings. The second-order valence-corrected chi connectivity index (χ2v) is 13.3. The zero-order valence-corrected chi connectivity index (χ0v) is 23.5. The van der Waals surface area contributed by atoms with Gasteiger partial charge >= 0.3 is 11.9 Å². The zero-order chi connectivity index (χ0) is 26.8. The number of ketones is 1. The van der Waals surface area contributed by atoms with Crippen molar-refractivity contribution in [2.75, 3.05) is 39.5 Å². The molecule has 37 heavy (non-hydrogen) atoms. The first-order valence-corrected chi connectivity index (χ1v) is 14.7.